The van der Waals surface area contributed by atoms with Crippen LogP contribution in [0.5, 0.6) is 0 Å². The Morgan fingerprint density at radius 3 is 2.39 bits per heavy atom. The first-order chi connectivity index (χ1) is 13.3. The molecule has 0 aliphatic rings. The summed E-state index contributed by atoms with van der Waals surface area (Å²) in [6.45, 7) is 7.54. The monoisotopic (exact) mass is 377 g/mol. The summed E-state index contributed by atoms with van der Waals surface area (Å²) >= 11 is 0. The second-order valence-corrected chi connectivity index (χ2v) is 6.72. The Kier molecular flexibility index (Phi) is 5.26. The maximum absolute atomic E-state index is 12.8. The Hall–Kier alpha value is -3.48. The lowest BCUT2D eigenvalue weighted by molar-refractivity contribution is 0.0960. The van der Waals surface area contributed by atoms with E-state index in [1.54, 1.807) is 39.1 Å². The number of hydrogen-bond acceptors (Lipinski definition) is 4. The van der Waals surface area contributed by atoms with Crippen molar-refractivity contribution in [1.82, 2.24) is 20.3 Å². The van der Waals surface area contributed by atoms with Crippen molar-refractivity contribution in [2.75, 3.05) is 12.4 Å². The van der Waals surface area contributed by atoms with E-state index in [1.807, 2.05) is 32.0 Å². The van der Waals surface area contributed by atoms with Gasteiger partial charge in [0.25, 0.3) is 11.8 Å². The molecule has 0 fully saturated rings. The number of anilines is 1. The summed E-state index contributed by atoms with van der Waals surface area (Å²) in [5.41, 5.74) is 5.52. The number of benzene rings is 2. The lowest BCUT2D eigenvalue weighted by Gasteiger charge is -2.11. The zero-order valence-electron chi connectivity index (χ0n) is 16.6. The molecule has 2 N–H and O–H groups in total. The average molecular weight is 377 g/mol. The molecule has 0 aliphatic carbocycles. The summed E-state index contributed by atoms with van der Waals surface area (Å²) in [6, 6.07) is 11.2. The van der Waals surface area contributed by atoms with Crippen LogP contribution < -0.4 is 10.6 Å². The normalized spacial score (nSPS) is 10.6. The SMILES string of the molecule is CNC(=O)c1cccc(NC(=O)c2nn(-c3ccc(C)cc3C)nc2C)c1C. The number of aromatic nitrogens is 3. The molecule has 144 valence electrons. The molecule has 3 aromatic rings. The number of rotatable bonds is 4. The smallest absolute Gasteiger partial charge is 0.278 e. The zero-order chi connectivity index (χ0) is 20.4. The summed E-state index contributed by atoms with van der Waals surface area (Å²) in [5, 5.41) is 14.2. The van der Waals surface area contributed by atoms with Crippen LogP contribution in [0.4, 0.5) is 5.69 Å². The number of hydrogen-bond donors (Lipinski definition) is 2. The molecule has 2 amide bonds. The molecular formula is C21H23N5O2. The van der Waals surface area contributed by atoms with E-state index in [-0.39, 0.29) is 17.5 Å². The Bertz CT molecular complexity index is 1070. The third kappa shape index (κ3) is 3.64. The van der Waals surface area contributed by atoms with Gasteiger partial charge >= 0.3 is 0 Å². The molecule has 0 aliphatic heterocycles. The van der Waals surface area contributed by atoms with Gasteiger partial charge in [-0.2, -0.15) is 9.90 Å². The first kappa shape index (κ1) is 19.3. The average Bonchev–Trinajstić information content (AvgIpc) is 3.04. The summed E-state index contributed by atoms with van der Waals surface area (Å²) < 4.78 is 0. The summed E-state index contributed by atoms with van der Waals surface area (Å²) in [7, 11) is 1.57. The number of carbonyl (C=O) groups is 2. The van der Waals surface area contributed by atoms with Crippen LogP contribution in [0.2, 0.25) is 0 Å². The van der Waals surface area contributed by atoms with E-state index in [1.165, 1.54) is 4.80 Å². The third-order valence-electron chi connectivity index (χ3n) is 4.62. The molecule has 0 spiro atoms. The van der Waals surface area contributed by atoms with Crippen molar-refractivity contribution in [3.8, 4) is 5.69 Å². The summed E-state index contributed by atoms with van der Waals surface area (Å²) in [6.07, 6.45) is 0. The van der Waals surface area contributed by atoms with Crippen molar-refractivity contribution in [1.29, 1.82) is 0 Å². The van der Waals surface area contributed by atoms with E-state index >= 15 is 0 Å². The standard InChI is InChI=1S/C21H23N5O2/c1-12-9-10-18(13(2)11-12)26-24-15(4)19(25-26)21(28)23-17-8-6-7-16(14(17)3)20(27)22-5/h6-11H,1-5H3,(H,22,27)(H,23,28). The first-order valence-corrected chi connectivity index (χ1v) is 8.96. The van der Waals surface area contributed by atoms with E-state index in [2.05, 4.69) is 20.8 Å². The fourth-order valence-electron chi connectivity index (χ4n) is 3.06. The van der Waals surface area contributed by atoms with Crippen LogP contribution in [0, 0.1) is 27.7 Å². The minimum absolute atomic E-state index is 0.203. The number of carbonyl (C=O) groups excluding carboxylic acids is 2. The van der Waals surface area contributed by atoms with Crippen LogP contribution in [0.15, 0.2) is 36.4 Å². The van der Waals surface area contributed by atoms with Gasteiger partial charge < -0.3 is 10.6 Å². The highest BCUT2D eigenvalue weighted by molar-refractivity contribution is 6.05. The Balaban J connectivity index is 1.90. The third-order valence-corrected chi connectivity index (χ3v) is 4.62. The largest absolute Gasteiger partial charge is 0.355 e. The van der Waals surface area contributed by atoms with E-state index in [0.29, 0.717) is 22.5 Å². The van der Waals surface area contributed by atoms with Crippen LogP contribution in [-0.4, -0.2) is 33.9 Å². The highest BCUT2D eigenvalue weighted by Gasteiger charge is 2.19. The quantitative estimate of drug-likeness (QED) is 0.731. The predicted molar refractivity (Wildman–Crippen MR) is 108 cm³/mol. The molecule has 7 heteroatoms. The molecule has 7 nitrogen and oxygen atoms in total. The van der Waals surface area contributed by atoms with Gasteiger partial charge in [-0.1, -0.05) is 23.8 Å². The number of amides is 2. The Labute approximate surface area is 163 Å². The van der Waals surface area contributed by atoms with Crippen LogP contribution in [0.1, 0.15) is 43.2 Å². The lowest BCUT2D eigenvalue weighted by atomic mass is 10.1. The van der Waals surface area contributed by atoms with Gasteiger partial charge in [0.1, 0.15) is 0 Å². The molecule has 0 saturated heterocycles. The van der Waals surface area contributed by atoms with Crippen molar-refractivity contribution in [3.63, 3.8) is 0 Å². The number of aryl methyl sites for hydroxylation is 3. The Morgan fingerprint density at radius 2 is 1.71 bits per heavy atom. The van der Waals surface area contributed by atoms with E-state index in [9.17, 15) is 9.59 Å². The maximum Gasteiger partial charge on any atom is 0.278 e. The highest BCUT2D eigenvalue weighted by atomic mass is 16.2. The van der Waals surface area contributed by atoms with E-state index in [4.69, 9.17) is 0 Å². The second kappa shape index (κ2) is 7.64. The maximum atomic E-state index is 12.8. The number of nitrogens with one attached hydrogen (secondary N) is 2. The lowest BCUT2D eigenvalue weighted by Crippen LogP contribution is -2.20. The molecule has 1 aromatic heterocycles. The fourth-order valence-corrected chi connectivity index (χ4v) is 3.06. The van der Waals surface area contributed by atoms with E-state index < -0.39 is 0 Å². The molecule has 1 heterocycles. The van der Waals surface area contributed by atoms with Gasteiger partial charge in [0.05, 0.1) is 11.4 Å². The van der Waals surface area contributed by atoms with Crippen molar-refractivity contribution in [3.05, 3.63) is 70.0 Å². The molecule has 2 aromatic carbocycles. The zero-order valence-corrected chi connectivity index (χ0v) is 16.6. The Morgan fingerprint density at radius 1 is 0.964 bits per heavy atom. The fraction of sp³-hybridized carbons (Fsp3) is 0.238. The van der Waals surface area contributed by atoms with Crippen LogP contribution in [0.25, 0.3) is 5.69 Å². The molecule has 28 heavy (non-hydrogen) atoms. The molecule has 0 bridgehead atoms. The molecule has 0 atom stereocenters. The van der Waals surface area contributed by atoms with Crippen molar-refractivity contribution < 1.29 is 9.59 Å². The van der Waals surface area contributed by atoms with Gasteiger partial charge in [-0.05, 0) is 57.0 Å². The minimum Gasteiger partial charge on any atom is -0.355 e. The van der Waals surface area contributed by atoms with Crippen LogP contribution in [0.3, 0.4) is 0 Å². The van der Waals surface area contributed by atoms with Crippen molar-refractivity contribution >= 4 is 17.5 Å². The van der Waals surface area contributed by atoms with Gasteiger partial charge in [-0.3, -0.25) is 9.59 Å². The van der Waals surface area contributed by atoms with Gasteiger partial charge in [0.2, 0.25) is 0 Å². The van der Waals surface area contributed by atoms with Gasteiger partial charge in [-0.15, -0.1) is 5.10 Å². The molecule has 0 unspecified atom stereocenters. The van der Waals surface area contributed by atoms with Crippen molar-refractivity contribution in [2.24, 2.45) is 0 Å². The number of nitrogens with zero attached hydrogens (tertiary/aromatic N) is 3. The molecule has 3 rings (SSSR count). The van der Waals surface area contributed by atoms with Crippen LogP contribution in [-0.2, 0) is 0 Å². The van der Waals surface area contributed by atoms with E-state index in [0.717, 1.165) is 16.8 Å². The summed E-state index contributed by atoms with van der Waals surface area (Å²) in [4.78, 5) is 26.2. The molecular weight excluding hydrogens is 354 g/mol. The van der Waals surface area contributed by atoms with Gasteiger partial charge in [-0.25, -0.2) is 0 Å². The summed E-state index contributed by atoms with van der Waals surface area (Å²) in [5.74, 6) is -0.573. The highest BCUT2D eigenvalue weighted by Crippen LogP contribution is 2.21. The van der Waals surface area contributed by atoms with Gasteiger partial charge in [0, 0.05) is 18.3 Å². The topological polar surface area (TPSA) is 88.9 Å². The van der Waals surface area contributed by atoms with Crippen LogP contribution >= 0.6 is 0 Å². The predicted octanol–water partition coefficient (Wildman–Crippen LogP) is 3.11. The second-order valence-electron chi connectivity index (χ2n) is 6.72. The molecule has 0 radical (unpaired) electrons. The van der Waals surface area contributed by atoms with Gasteiger partial charge in [0.15, 0.2) is 5.69 Å². The first-order valence-electron chi connectivity index (χ1n) is 8.96. The molecule has 0 saturated carbocycles. The minimum atomic E-state index is -0.370. The van der Waals surface area contributed by atoms with Crippen molar-refractivity contribution in [2.45, 2.75) is 27.7 Å².